The van der Waals surface area contributed by atoms with Crippen molar-refractivity contribution in [1.82, 2.24) is 0 Å². The standard InChI is InChI=1S/C20H16O3S/c1-12-15-8-5-6-9-16(15)13(2)20-18(24(21,22)23)11-14-7-3-4-10-17(14)19(12)20/h3-11H,1-2H3,(H,21,22,23). The van der Waals surface area contributed by atoms with Crippen LogP contribution in [0.1, 0.15) is 11.1 Å². The lowest BCUT2D eigenvalue weighted by Gasteiger charge is -2.16. The maximum Gasteiger partial charge on any atom is 0.295 e. The Balaban J connectivity index is 2.46. The third-order valence-corrected chi connectivity index (χ3v) is 5.65. The van der Waals surface area contributed by atoms with Gasteiger partial charge in [-0.25, -0.2) is 0 Å². The Kier molecular flexibility index (Phi) is 3.17. The summed E-state index contributed by atoms with van der Waals surface area (Å²) < 4.78 is 33.9. The van der Waals surface area contributed by atoms with E-state index in [4.69, 9.17) is 0 Å². The molecule has 4 rings (SSSR count). The average molecular weight is 336 g/mol. The first-order chi connectivity index (χ1) is 11.4. The van der Waals surface area contributed by atoms with Gasteiger partial charge in [0.25, 0.3) is 10.1 Å². The first-order valence-electron chi connectivity index (χ1n) is 7.70. The van der Waals surface area contributed by atoms with Crippen LogP contribution in [0.4, 0.5) is 0 Å². The quantitative estimate of drug-likeness (QED) is 0.302. The predicted molar refractivity (Wildman–Crippen MR) is 98.2 cm³/mol. The predicted octanol–water partition coefficient (Wildman–Crippen LogP) is 5.01. The van der Waals surface area contributed by atoms with E-state index in [1.807, 2.05) is 62.4 Å². The van der Waals surface area contributed by atoms with Crippen molar-refractivity contribution in [2.24, 2.45) is 0 Å². The van der Waals surface area contributed by atoms with E-state index >= 15 is 0 Å². The second-order valence-corrected chi connectivity index (χ2v) is 7.51. The maximum atomic E-state index is 12.0. The summed E-state index contributed by atoms with van der Waals surface area (Å²) in [7, 11) is -4.33. The average Bonchev–Trinajstić information content (AvgIpc) is 2.57. The molecule has 0 spiro atoms. The number of hydrogen-bond donors (Lipinski definition) is 1. The molecule has 4 aromatic rings. The summed E-state index contributed by atoms with van der Waals surface area (Å²) in [6.07, 6.45) is 0. The second-order valence-electron chi connectivity index (χ2n) is 6.12. The molecular formula is C20H16O3S. The summed E-state index contributed by atoms with van der Waals surface area (Å²) in [5.74, 6) is 0. The third-order valence-electron chi connectivity index (χ3n) is 4.78. The lowest BCUT2D eigenvalue weighted by molar-refractivity contribution is 0.484. The summed E-state index contributed by atoms with van der Waals surface area (Å²) in [4.78, 5) is -0.0254. The zero-order valence-corrected chi connectivity index (χ0v) is 14.2. The minimum atomic E-state index is -4.33. The lowest BCUT2D eigenvalue weighted by atomic mass is 9.90. The molecule has 1 N–H and O–H groups in total. The Hall–Kier alpha value is -2.43. The molecule has 4 heteroatoms. The van der Waals surface area contributed by atoms with Crippen LogP contribution in [0.2, 0.25) is 0 Å². The number of benzene rings is 4. The maximum absolute atomic E-state index is 12.0. The summed E-state index contributed by atoms with van der Waals surface area (Å²) in [6, 6.07) is 17.2. The minimum Gasteiger partial charge on any atom is -0.282 e. The van der Waals surface area contributed by atoms with E-state index in [0.29, 0.717) is 5.39 Å². The van der Waals surface area contributed by atoms with Gasteiger partial charge in [0.15, 0.2) is 0 Å². The van der Waals surface area contributed by atoms with Gasteiger partial charge >= 0.3 is 0 Å². The number of rotatable bonds is 1. The van der Waals surface area contributed by atoms with Crippen LogP contribution in [0.15, 0.2) is 59.5 Å². The van der Waals surface area contributed by atoms with Crippen molar-refractivity contribution >= 4 is 42.4 Å². The van der Waals surface area contributed by atoms with Crippen LogP contribution in [0.5, 0.6) is 0 Å². The summed E-state index contributed by atoms with van der Waals surface area (Å²) in [5.41, 5.74) is 1.89. The van der Waals surface area contributed by atoms with Gasteiger partial charge in [0.05, 0.1) is 0 Å². The number of aryl methyl sites for hydroxylation is 2. The molecule has 0 amide bonds. The van der Waals surface area contributed by atoms with Crippen molar-refractivity contribution in [2.75, 3.05) is 0 Å². The van der Waals surface area contributed by atoms with Crippen molar-refractivity contribution in [3.05, 3.63) is 65.7 Å². The molecule has 120 valence electrons. The normalized spacial score (nSPS) is 12.3. The molecule has 0 heterocycles. The number of hydrogen-bond acceptors (Lipinski definition) is 2. The van der Waals surface area contributed by atoms with Crippen molar-refractivity contribution in [3.8, 4) is 0 Å². The summed E-state index contributed by atoms with van der Waals surface area (Å²) >= 11 is 0. The third kappa shape index (κ3) is 2.04. The summed E-state index contributed by atoms with van der Waals surface area (Å²) in [5, 5.41) is 5.38. The van der Waals surface area contributed by atoms with Crippen LogP contribution in [-0.4, -0.2) is 13.0 Å². The minimum absolute atomic E-state index is 0.0254. The Morgan fingerprint density at radius 1 is 0.750 bits per heavy atom. The number of fused-ring (bicyclic) bond motifs is 4. The van der Waals surface area contributed by atoms with Crippen LogP contribution in [0, 0.1) is 13.8 Å². The van der Waals surface area contributed by atoms with E-state index in [1.54, 1.807) is 6.07 Å². The van der Waals surface area contributed by atoms with Crippen LogP contribution >= 0.6 is 0 Å². The van der Waals surface area contributed by atoms with Crippen LogP contribution < -0.4 is 0 Å². The zero-order valence-electron chi connectivity index (χ0n) is 13.4. The van der Waals surface area contributed by atoms with Gasteiger partial charge in [-0.2, -0.15) is 8.42 Å². The molecule has 0 fully saturated rings. The molecular weight excluding hydrogens is 320 g/mol. The van der Waals surface area contributed by atoms with E-state index in [9.17, 15) is 13.0 Å². The lowest BCUT2D eigenvalue weighted by Crippen LogP contribution is -2.02. The molecule has 0 aliphatic heterocycles. The molecule has 0 unspecified atom stereocenters. The molecule has 0 atom stereocenters. The molecule has 0 saturated carbocycles. The first-order valence-corrected chi connectivity index (χ1v) is 9.14. The highest BCUT2D eigenvalue weighted by molar-refractivity contribution is 7.86. The van der Waals surface area contributed by atoms with Gasteiger partial charge in [0.1, 0.15) is 4.90 Å². The van der Waals surface area contributed by atoms with E-state index in [0.717, 1.165) is 38.1 Å². The van der Waals surface area contributed by atoms with Crippen molar-refractivity contribution in [3.63, 3.8) is 0 Å². The molecule has 3 nitrogen and oxygen atoms in total. The smallest absolute Gasteiger partial charge is 0.282 e. The highest BCUT2D eigenvalue weighted by atomic mass is 32.2. The van der Waals surface area contributed by atoms with Gasteiger partial charge in [-0.05, 0) is 58.0 Å². The molecule has 0 aliphatic rings. The molecule has 4 aromatic carbocycles. The molecule has 0 bridgehead atoms. The topological polar surface area (TPSA) is 54.4 Å². The van der Waals surface area contributed by atoms with Gasteiger partial charge < -0.3 is 0 Å². The van der Waals surface area contributed by atoms with Crippen molar-refractivity contribution in [1.29, 1.82) is 0 Å². The van der Waals surface area contributed by atoms with Crippen LogP contribution in [0.25, 0.3) is 32.3 Å². The molecule has 0 aromatic heterocycles. The second kappa shape index (κ2) is 5.03. The SMILES string of the molecule is Cc1c2ccccc2c(C)c2c1c(S(=O)(=O)O)cc1ccccc12. The van der Waals surface area contributed by atoms with Gasteiger partial charge in [0.2, 0.25) is 0 Å². The Labute approximate surface area is 140 Å². The van der Waals surface area contributed by atoms with Gasteiger partial charge in [-0.15, -0.1) is 0 Å². The van der Waals surface area contributed by atoms with Crippen molar-refractivity contribution in [2.45, 2.75) is 18.7 Å². The van der Waals surface area contributed by atoms with E-state index in [2.05, 4.69) is 0 Å². The van der Waals surface area contributed by atoms with E-state index in [1.165, 1.54) is 0 Å². The summed E-state index contributed by atoms with van der Waals surface area (Å²) in [6.45, 7) is 3.91. The van der Waals surface area contributed by atoms with Gasteiger partial charge in [0, 0.05) is 5.39 Å². The Morgan fingerprint density at radius 3 is 1.83 bits per heavy atom. The highest BCUT2D eigenvalue weighted by Crippen LogP contribution is 2.39. The fourth-order valence-corrected chi connectivity index (χ4v) is 4.48. The Bertz CT molecular complexity index is 1240. The molecule has 0 radical (unpaired) electrons. The van der Waals surface area contributed by atoms with Gasteiger partial charge in [-0.3, -0.25) is 4.55 Å². The van der Waals surface area contributed by atoms with Crippen molar-refractivity contribution < 1.29 is 13.0 Å². The molecule has 0 aliphatic carbocycles. The zero-order chi connectivity index (χ0) is 17.1. The highest BCUT2D eigenvalue weighted by Gasteiger charge is 2.21. The fraction of sp³-hybridized carbons (Fsp3) is 0.100. The first kappa shape index (κ1) is 15.1. The van der Waals surface area contributed by atoms with Gasteiger partial charge in [-0.1, -0.05) is 48.5 Å². The molecule has 0 saturated heterocycles. The fourth-order valence-electron chi connectivity index (χ4n) is 3.69. The van der Waals surface area contributed by atoms with Crippen LogP contribution in [0.3, 0.4) is 0 Å². The van der Waals surface area contributed by atoms with Crippen LogP contribution in [-0.2, 0) is 10.1 Å². The monoisotopic (exact) mass is 336 g/mol. The Morgan fingerprint density at radius 2 is 1.25 bits per heavy atom. The van der Waals surface area contributed by atoms with E-state index < -0.39 is 10.1 Å². The largest absolute Gasteiger partial charge is 0.295 e. The van der Waals surface area contributed by atoms with E-state index in [-0.39, 0.29) is 4.90 Å². The molecule has 24 heavy (non-hydrogen) atoms.